The van der Waals surface area contributed by atoms with Crippen LogP contribution in [0.2, 0.25) is 5.02 Å². The van der Waals surface area contributed by atoms with E-state index in [1.54, 1.807) is 6.07 Å². The van der Waals surface area contributed by atoms with Gasteiger partial charge in [-0.3, -0.25) is 9.59 Å². The van der Waals surface area contributed by atoms with Crippen LogP contribution in [0.5, 0.6) is 11.5 Å². The zero-order chi connectivity index (χ0) is 25.2. The van der Waals surface area contributed by atoms with Crippen LogP contribution in [-0.4, -0.2) is 18.4 Å². The highest BCUT2D eigenvalue weighted by atomic mass is 35.5. The Hall–Kier alpha value is -3.77. The van der Waals surface area contributed by atoms with Crippen molar-refractivity contribution < 1.29 is 19.1 Å². The van der Waals surface area contributed by atoms with Crippen LogP contribution in [0.4, 0.5) is 11.4 Å². The number of nitrogens with one attached hydrogen (secondary N) is 2. The van der Waals surface area contributed by atoms with Crippen LogP contribution in [0, 0.1) is 0 Å². The number of hydrogen-bond acceptors (Lipinski definition) is 6. The first-order chi connectivity index (χ1) is 17.4. The molecule has 0 spiro atoms. The van der Waals surface area contributed by atoms with E-state index < -0.39 is 12.0 Å². The molecule has 184 valence electrons. The molecule has 36 heavy (non-hydrogen) atoms. The number of anilines is 2. The van der Waals surface area contributed by atoms with Crippen LogP contribution < -0.4 is 20.1 Å². The predicted octanol–water partition coefficient (Wildman–Crippen LogP) is 6.64. The molecule has 0 aromatic heterocycles. The van der Waals surface area contributed by atoms with E-state index in [0.29, 0.717) is 41.5 Å². The van der Waals surface area contributed by atoms with Crippen LogP contribution >= 0.6 is 11.6 Å². The van der Waals surface area contributed by atoms with E-state index in [9.17, 15) is 9.59 Å². The highest BCUT2D eigenvalue weighted by Crippen LogP contribution is 2.45. The quantitative estimate of drug-likeness (QED) is 0.301. The Morgan fingerprint density at radius 1 is 0.972 bits per heavy atom. The Labute approximate surface area is 215 Å². The van der Waals surface area contributed by atoms with Gasteiger partial charge in [0, 0.05) is 29.6 Å². The maximum absolute atomic E-state index is 13.7. The molecule has 2 atom stereocenters. The molecule has 1 aliphatic carbocycles. The summed E-state index contributed by atoms with van der Waals surface area (Å²) < 4.78 is 11.1. The van der Waals surface area contributed by atoms with Crippen molar-refractivity contribution in [2.24, 2.45) is 0 Å². The number of allylic oxidation sites excluding steroid dienone is 1. The molecule has 2 aliphatic rings. The van der Waals surface area contributed by atoms with Crippen LogP contribution in [0.15, 0.2) is 78.0 Å². The fraction of sp³-hybridized carbons (Fsp3) is 0.241. The number of benzene rings is 3. The number of halogens is 1. The van der Waals surface area contributed by atoms with E-state index in [0.717, 1.165) is 28.2 Å². The lowest BCUT2D eigenvalue weighted by atomic mass is 9.78. The topological polar surface area (TPSA) is 76.7 Å². The number of para-hydroxylation sites is 2. The second kappa shape index (κ2) is 10.1. The van der Waals surface area contributed by atoms with Gasteiger partial charge in [0.05, 0.1) is 24.0 Å². The highest BCUT2D eigenvalue weighted by molar-refractivity contribution is 6.30. The van der Waals surface area contributed by atoms with Gasteiger partial charge in [-0.25, -0.2) is 0 Å². The van der Waals surface area contributed by atoms with Crippen molar-refractivity contribution in [3.8, 4) is 11.5 Å². The second-order valence-corrected chi connectivity index (χ2v) is 9.39. The average Bonchev–Trinajstić information content (AvgIpc) is 3.02. The minimum Gasteiger partial charge on any atom is -0.490 e. The molecular weight excluding hydrogens is 476 g/mol. The van der Waals surface area contributed by atoms with Gasteiger partial charge >= 0.3 is 5.97 Å². The Bertz CT molecular complexity index is 1350. The minimum absolute atomic E-state index is 0.0530. The van der Waals surface area contributed by atoms with E-state index in [2.05, 4.69) is 10.6 Å². The summed E-state index contributed by atoms with van der Waals surface area (Å²) in [4.78, 5) is 25.3. The smallest absolute Gasteiger partial charge is 0.308 e. The lowest BCUT2D eigenvalue weighted by Crippen LogP contribution is -2.27. The van der Waals surface area contributed by atoms with Crippen LogP contribution in [0.3, 0.4) is 0 Å². The number of fused-ring (bicyclic) bond motifs is 1. The van der Waals surface area contributed by atoms with Crippen molar-refractivity contribution in [3.05, 3.63) is 94.1 Å². The summed E-state index contributed by atoms with van der Waals surface area (Å²) in [5.74, 6) is 0.526. The first kappa shape index (κ1) is 23.9. The molecule has 1 heterocycles. The largest absolute Gasteiger partial charge is 0.490 e. The molecule has 2 N–H and O–H groups in total. The van der Waals surface area contributed by atoms with Gasteiger partial charge in [0.2, 0.25) is 0 Å². The first-order valence-electron chi connectivity index (χ1n) is 12.0. The van der Waals surface area contributed by atoms with E-state index >= 15 is 0 Å². The molecule has 0 radical (unpaired) electrons. The lowest BCUT2D eigenvalue weighted by Gasteiger charge is -2.30. The number of hydrogen-bond donors (Lipinski definition) is 2. The molecule has 7 heteroatoms. The van der Waals surface area contributed by atoms with E-state index in [-0.39, 0.29) is 11.7 Å². The molecule has 0 saturated carbocycles. The molecule has 3 aromatic rings. The molecule has 6 nitrogen and oxygen atoms in total. The van der Waals surface area contributed by atoms with Gasteiger partial charge < -0.3 is 20.1 Å². The summed E-state index contributed by atoms with van der Waals surface area (Å²) >= 11 is 6.09. The summed E-state index contributed by atoms with van der Waals surface area (Å²) in [6, 6.07) is 20.7. The van der Waals surface area contributed by atoms with Crippen molar-refractivity contribution >= 4 is 34.7 Å². The normalized spacial score (nSPS) is 18.8. The summed E-state index contributed by atoms with van der Waals surface area (Å²) in [6.45, 7) is 3.64. The van der Waals surface area contributed by atoms with Crippen LogP contribution in [0.1, 0.15) is 49.8 Å². The molecule has 1 aliphatic heterocycles. The highest BCUT2D eigenvalue weighted by Gasteiger charge is 2.36. The van der Waals surface area contributed by atoms with Crippen LogP contribution in [-0.2, 0) is 9.59 Å². The van der Waals surface area contributed by atoms with Gasteiger partial charge in [-0.15, -0.1) is 0 Å². The van der Waals surface area contributed by atoms with Crippen molar-refractivity contribution in [2.45, 2.75) is 38.6 Å². The number of rotatable bonds is 5. The van der Waals surface area contributed by atoms with Crippen molar-refractivity contribution in [1.29, 1.82) is 0 Å². The molecule has 0 bridgehead atoms. The third kappa shape index (κ3) is 4.82. The van der Waals surface area contributed by atoms with Crippen molar-refractivity contribution in [1.82, 2.24) is 0 Å². The van der Waals surface area contributed by atoms with Gasteiger partial charge in [-0.1, -0.05) is 41.9 Å². The standard InChI is InChI=1S/C29H27ClN2O4/c1-3-35-27-16-19(10-13-26(27)36-17(2)33)29-28-24(31-22-6-4-5-7-23(22)32-29)14-20(15-25(28)34)18-8-11-21(30)12-9-18/h4-13,16,20,29,31-32H,3,14-15H2,1-2H3. The molecule has 0 amide bonds. The van der Waals surface area contributed by atoms with Gasteiger partial charge in [-0.05, 0) is 66.8 Å². The van der Waals surface area contributed by atoms with E-state index in [4.69, 9.17) is 21.1 Å². The fourth-order valence-corrected chi connectivity index (χ4v) is 5.05. The third-order valence-corrected chi connectivity index (χ3v) is 6.76. The number of carbonyl (C=O) groups is 2. The summed E-state index contributed by atoms with van der Waals surface area (Å²) in [5.41, 5.74) is 5.36. The number of esters is 1. The molecule has 2 unspecified atom stereocenters. The lowest BCUT2D eigenvalue weighted by molar-refractivity contribution is -0.132. The Balaban J connectivity index is 1.59. The minimum atomic E-state index is -0.421. The average molecular weight is 503 g/mol. The van der Waals surface area contributed by atoms with E-state index in [1.807, 2.05) is 67.6 Å². The third-order valence-electron chi connectivity index (χ3n) is 6.51. The zero-order valence-electron chi connectivity index (χ0n) is 20.1. The van der Waals surface area contributed by atoms with Crippen LogP contribution in [0.25, 0.3) is 0 Å². The molecule has 3 aromatic carbocycles. The SMILES string of the molecule is CCOc1cc(C2Nc3ccccc3NC3=C2C(=O)CC(c2ccc(Cl)cc2)C3)ccc1OC(C)=O. The Morgan fingerprint density at radius 3 is 2.42 bits per heavy atom. The number of ether oxygens (including phenoxy) is 2. The monoisotopic (exact) mass is 502 g/mol. The maximum atomic E-state index is 13.7. The molecule has 0 fully saturated rings. The summed E-state index contributed by atoms with van der Waals surface area (Å²) in [6.07, 6.45) is 1.10. The Morgan fingerprint density at radius 2 is 1.69 bits per heavy atom. The molecular formula is C29H27ClN2O4. The number of ketones is 1. The molecule has 0 saturated heterocycles. The first-order valence-corrected chi connectivity index (χ1v) is 12.4. The summed E-state index contributed by atoms with van der Waals surface area (Å²) in [5, 5.41) is 7.80. The fourth-order valence-electron chi connectivity index (χ4n) is 4.92. The van der Waals surface area contributed by atoms with Crippen molar-refractivity contribution in [3.63, 3.8) is 0 Å². The zero-order valence-corrected chi connectivity index (χ0v) is 20.9. The van der Waals surface area contributed by atoms with Gasteiger partial charge in [0.1, 0.15) is 0 Å². The maximum Gasteiger partial charge on any atom is 0.308 e. The molecule has 5 rings (SSSR count). The number of Topliss-reactive ketones (excluding diaryl/α,β-unsaturated/α-hetero) is 1. The second-order valence-electron chi connectivity index (χ2n) is 8.95. The van der Waals surface area contributed by atoms with Crippen molar-refractivity contribution in [2.75, 3.05) is 17.2 Å². The predicted molar refractivity (Wildman–Crippen MR) is 141 cm³/mol. The van der Waals surface area contributed by atoms with Gasteiger partial charge in [-0.2, -0.15) is 0 Å². The van der Waals surface area contributed by atoms with Gasteiger partial charge in [0.25, 0.3) is 0 Å². The number of carbonyl (C=O) groups excluding carboxylic acids is 2. The Kier molecular flexibility index (Phi) is 6.70. The van der Waals surface area contributed by atoms with E-state index in [1.165, 1.54) is 6.92 Å². The summed E-state index contributed by atoms with van der Waals surface area (Å²) in [7, 11) is 0. The van der Waals surface area contributed by atoms with Gasteiger partial charge in [0.15, 0.2) is 17.3 Å².